The van der Waals surface area contributed by atoms with Crippen molar-refractivity contribution in [2.75, 3.05) is 13.2 Å². The Morgan fingerprint density at radius 3 is 1.71 bits per heavy atom. The van der Waals surface area contributed by atoms with Crippen molar-refractivity contribution in [1.82, 2.24) is 0 Å². The fourth-order valence-electron chi connectivity index (χ4n) is 3.81. The van der Waals surface area contributed by atoms with Crippen molar-refractivity contribution in [3.05, 3.63) is 0 Å². The van der Waals surface area contributed by atoms with Crippen LogP contribution in [0, 0.1) is 0 Å². The normalized spacial score (nSPS) is 12.1. The summed E-state index contributed by atoms with van der Waals surface area (Å²) >= 11 is 0. The highest BCUT2D eigenvalue weighted by atomic mass is 16.6. The average molecular weight is 441 g/mol. The lowest BCUT2D eigenvalue weighted by molar-refractivity contribution is -0.153. The molecule has 0 aromatic rings. The highest BCUT2D eigenvalue weighted by Crippen LogP contribution is 2.12. The van der Waals surface area contributed by atoms with Gasteiger partial charge in [-0.1, -0.05) is 110 Å². The fraction of sp³-hybridized carbons (Fsp3) is 0.926. The van der Waals surface area contributed by atoms with Crippen molar-refractivity contribution < 1.29 is 19.1 Å². The van der Waals surface area contributed by atoms with Gasteiger partial charge in [0.2, 0.25) is 0 Å². The molecule has 0 heterocycles. The summed E-state index contributed by atoms with van der Waals surface area (Å²) in [4.78, 5) is 22.8. The second-order valence-corrected chi connectivity index (χ2v) is 8.98. The third-order valence-electron chi connectivity index (χ3n) is 5.84. The first-order chi connectivity index (χ1) is 15.2. The summed E-state index contributed by atoms with van der Waals surface area (Å²) < 4.78 is 11.3. The lowest BCUT2D eigenvalue weighted by Gasteiger charge is -2.17. The zero-order valence-corrected chi connectivity index (χ0v) is 20.8. The second-order valence-electron chi connectivity index (χ2n) is 8.98. The van der Waals surface area contributed by atoms with Crippen LogP contribution in [0.15, 0.2) is 0 Å². The van der Waals surface area contributed by atoms with E-state index in [1.54, 1.807) is 0 Å². The van der Waals surface area contributed by atoms with Crippen LogP contribution in [0.25, 0.3) is 0 Å². The Balaban J connectivity index is 3.69. The van der Waals surface area contributed by atoms with E-state index in [1.807, 2.05) is 0 Å². The van der Waals surface area contributed by atoms with E-state index < -0.39 is 0 Å². The third-order valence-corrected chi connectivity index (χ3v) is 5.84. The molecule has 0 aliphatic rings. The van der Waals surface area contributed by atoms with Crippen LogP contribution in [-0.2, 0) is 19.1 Å². The summed E-state index contributed by atoms with van der Waals surface area (Å²) in [5.74, 6) is -0.146. The van der Waals surface area contributed by atoms with Crippen LogP contribution in [0.3, 0.4) is 0 Å². The van der Waals surface area contributed by atoms with Crippen LogP contribution in [0.1, 0.15) is 142 Å². The van der Waals surface area contributed by atoms with Gasteiger partial charge in [0.05, 0.1) is 6.61 Å². The number of aldehydes is 1. The molecule has 0 aliphatic carbocycles. The van der Waals surface area contributed by atoms with Crippen molar-refractivity contribution in [2.45, 2.75) is 148 Å². The molecule has 0 N–H and O–H groups in total. The Morgan fingerprint density at radius 1 is 0.710 bits per heavy atom. The van der Waals surface area contributed by atoms with E-state index >= 15 is 0 Å². The third kappa shape index (κ3) is 23.6. The van der Waals surface area contributed by atoms with Gasteiger partial charge in [-0.15, -0.1) is 0 Å². The number of ether oxygens (including phenoxy) is 2. The molecule has 1 unspecified atom stereocenters. The molecule has 184 valence electrons. The SMILES string of the molecule is CCCCCCCCCCCCOCC(CCC=O)OC(=O)CCCCCCCCC. The van der Waals surface area contributed by atoms with Crippen LogP contribution >= 0.6 is 0 Å². The van der Waals surface area contributed by atoms with Crippen molar-refractivity contribution in [1.29, 1.82) is 0 Å². The second kappa shape index (κ2) is 25.4. The molecule has 0 saturated carbocycles. The number of carbonyl (C=O) groups excluding carboxylic acids is 2. The summed E-state index contributed by atoms with van der Waals surface area (Å²) in [6.07, 6.45) is 23.4. The topological polar surface area (TPSA) is 52.6 Å². The number of esters is 1. The minimum absolute atomic E-state index is 0.146. The molecule has 4 nitrogen and oxygen atoms in total. The van der Waals surface area contributed by atoms with Gasteiger partial charge in [-0.05, 0) is 19.3 Å². The van der Waals surface area contributed by atoms with Crippen LogP contribution in [0.2, 0.25) is 0 Å². The van der Waals surface area contributed by atoms with E-state index in [4.69, 9.17) is 9.47 Å². The molecule has 0 aromatic carbocycles. The van der Waals surface area contributed by atoms with Crippen molar-refractivity contribution in [3.63, 3.8) is 0 Å². The molecule has 4 heteroatoms. The van der Waals surface area contributed by atoms with Gasteiger partial charge in [-0.3, -0.25) is 4.79 Å². The minimum atomic E-state index is -0.287. The standard InChI is InChI=1S/C27H52O4/c1-3-5-7-9-11-12-13-15-17-19-24-30-25-26(21-20-23-28)31-27(29)22-18-16-14-10-8-6-4-2/h23,26H,3-22,24-25H2,1-2H3. The van der Waals surface area contributed by atoms with Crippen molar-refractivity contribution >= 4 is 12.3 Å². The highest BCUT2D eigenvalue weighted by molar-refractivity contribution is 5.69. The van der Waals surface area contributed by atoms with Crippen molar-refractivity contribution in [2.24, 2.45) is 0 Å². The largest absolute Gasteiger partial charge is 0.460 e. The molecule has 0 saturated heterocycles. The van der Waals surface area contributed by atoms with Crippen LogP contribution in [-0.4, -0.2) is 31.6 Å². The number of rotatable bonds is 25. The minimum Gasteiger partial charge on any atom is -0.460 e. The van der Waals surface area contributed by atoms with Gasteiger partial charge >= 0.3 is 5.97 Å². The fourth-order valence-corrected chi connectivity index (χ4v) is 3.81. The van der Waals surface area contributed by atoms with E-state index in [2.05, 4.69) is 13.8 Å². The van der Waals surface area contributed by atoms with E-state index in [1.165, 1.54) is 89.9 Å². The highest BCUT2D eigenvalue weighted by Gasteiger charge is 2.14. The summed E-state index contributed by atoms with van der Waals surface area (Å²) in [6, 6.07) is 0. The van der Waals surface area contributed by atoms with E-state index in [-0.39, 0.29) is 12.1 Å². The molecule has 0 radical (unpaired) electrons. The summed E-state index contributed by atoms with van der Waals surface area (Å²) in [7, 11) is 0. The molecule has 31 heavy (non-hydrogen) atoms. The number of carbonyl (C=O) groups is 2. The maximum absolute atomic E-state index is 12.1. The zero-order chi connectivity index (χ0) is 22.8. The predicted molar refractivity (Wildman–Crippen MR) is 130 cm³/mol. The molecule has 0 rings (SSSR count). The number of hydrogen-bond donors (Lipinski definition) is 0. The molecule has 0 fully saturated rings. The van der Waals surface area contributed by atoms with Gasteiger partial charge in [0.15, 0.2) is 0 Å². The maximum atomic E-state index is 12.1. The van der Waals surface area contributed by atoms with Gasteiger partial charge < -0.3 is 14.3 Å². The summed E-state index contributed by atoms with van der Waals surface area (Å²) in [6.45, 7) is 5.60. The number of hydrogen-bond acceptors (Lipinski definition) is 4. The monoisotopic (exact) mass is 440 g/mol. The van der Waals surface area contributed by atoms with E-state index in [0.29, 0.717) is 32.5 Å². The van der Waals surface area contributed by atoms with Gasteiger partial charge in [-0.25, -0.2) is 0 Å². The molecule has 0 aromatic heterocycles. The van der Waals surface area contributed by atoms with Gasteiger partial charge in [0.1, 0.15) is 12.4 Å². The molecule has 0 amide bonds. The Labute approximate surface area is 193 Å². The first kappa shape index (κ1) is 30.1. The molecule has 0 bridgehead atoms. The van der Waals surface area contributed by atoms with Gasteiger partial charge in [0, 0.05) is 19.4 Å². The average Bonchev–Trinajstić information content (AvgIpc) is 2.77. The first-order valence-electron chi connectivity index (χ1n) is 13.4. The first-order valence-corrected chi connectivity index (χ1v) is 13.4. The van der Waals surface area contributed by atoms with E-state index in [0.717, 1.165) is 25.5 Å². The maximum Gasteiger partial charge on any atom is 0.306 e. The number of unbranched alkanes of at least 4 members (excludes halogenated alkanes) is 15. The van der Waals surface area contributed by atoms with E-state index in [9.17, 15) is 9.59 Å². The molecular weight excluding hydrogens is 388 g/mol. The molecule has 0 aliphatic heterocycles. The van der Waals surface area contributed by atoms with Crippen LogP contribution in [0.5, 0.6) is 0 Å². The van der Waals surface area contributed by atoms with Crippen molar-refractivity contribution in [3.8, 4) is 0 Å². The lowest BCUT2D eigenvalue weighted by atomic mass is 10.1. The Kier molecular flexibility index (Phi) is 24.6. The summed E-state index contributed by atoms with van der Waals surface area (Å²) in [5.41, 5.74) is 0. The van der Waals surface area contributed by atoms with Gasteiger partial charge in [0.25, 0.3) is 0 Å². The molecular formula is C27H52O4. The summed E-state index contributed by atoms with van der Waals surface area (Å²) in [5, 5.41) is 0. The predicted octanol–water partition coefficient (Wildman–Crippen LogP) is 7.96. The Bertz CT molecular complexity index is 383. The molecule has 1 atom stereocenters. The molecule has 0 spiro atoms. The van der Waals surface area contributed by atoms with Crippen LogP contribution in [0.4, 0.5) is 0 Å². The lowest BCUT2D eigenvalue weighted by Crippen LogP contribution is -2.24. The smallest absolute Gasteiger partial charge is 0.306 e. The van der Waals surface area contributed by atoms with Gasteiger partial charge in [-0.2, -0.15) is 0 Å². The quantitative estimate of drug-likeness (QED) is 0.0820. The Hall–Kier alpha value is -0.900. The van der Waals surface area contributed by atoms with Crippen LogP contribution < -0.4 is 0 Å². The Morgan fingerprint density at radius 2 is 1.19 bits per heavy atom. The zero-order valence-electron chi connectivity index (χ0n) is 20.8.